The monoisotopic (exact) mass is 227 g/mol. The highest BCUT2D eigenvalue weighted by Gasteiger charge is 2.21. The van der Waals surface area contributed by atoms with Gasteiger partial charge in [0.1, 0.15) is 0 Å². The minimum Gasteiger partial charge on any atom is -0.319 e. The quantitative estimate of drug-likeness (QED) is 0.580. The molecule has 0 aliphatic rings. The molecule has 0 spiro atoms. The van der Waals surface area contributed by atoms with Crippen LogP contribution >= 0.6 is 0 Å². The third-order valence-corrected chi connectivity index (χ3v) is 4.02. The molecule has 0 aliphatic heterocycles. The van der Waals surface area contributed by atoms with Gasteiger partial charge >= 0.3 is 0 Å². The van der Waals surface area contributed by atoms with Crippen LogP contribution in [-0.2, 0) is 0 Å². The standard InChI is InChI=1S/C15H33N/c1-6-8-10-15(11-9-7-2)14(4)13(3)12-16-5/h13-16H,6-12H2,1-5H3. The van der Waals surface area contributed by atoms with Gasteiger partial charge in [-0.2, -0.15) is 0 Å². The second-order valence-electron chi connectivity index (χ2n) is 5.44. The first-order valence-electron chi connectivity index (χ1n) is 7.31. The van der Waals surface area contributed by atoms with Gasteiger partial charge in [-0.05, 0) is 31.3 Å². The van der Waals surface area contributed by atoms with Crippen LogP contribution in [-0.4, -0.2) is 13.6 Å². The third kappa shape index (κ3) is 6.52. The van der Waals surface area contributed by atoms with Crippen molar-refractivity contribution in [2.75, 3.05) is 13.6 Å². The zero-order chi connectivity index (χ0) is 12.4. The second kappa shape index (κ2) is 10.1. The number of rotatable bonds is 10. The molecule has 1 N–H and O–H groups in total. The maximum absolute atomic E-state index is 3.32. The summed E-state index contributed by atoms with van der Waals surface area (Å²) in [6.45, 7) is 10.6. The molecule has 1 nitrogen and oxygen atoms in total. The van der Waals surface area contributed by atoms with Crippen molar-refractivity contribution >= 4 is 0 Å². The van der Waals surface area contributed by atoms with Gasteiger partial charge in [0, 0.05) is 0 Å². The SMILES string of the molecule is CCCCC(CCCC)C(C)C(C)CNC. The van der Waals surface area contributed by atoms with Crippen LogP contribution in [0.2, 0.25) is 0 Å². The molecular weight excluding hydrogens is 194 g/mol. The first-order chi connectivity index (χ1) is 7.67. The molecule has 0 amide bonds. The Labute approximate surface area is 103 Å². The van der Waals surface area contributed by atoms with Crippen molar-refractivity contribution in [3.63, 3.8) is 0 Å². The first-order valence-corrected chi connectivity index (χ1v) is 7.31. The molecule has 0 saturated heterocycles. The lowest BCUT2D eigenvalue weighted by Crippen LogP contribution is -2.27. The molecule has 0 aromatic rings. The number of unbranched alkanes of at least 4 members (excludes halogenated alkanes) is 2. The van der Waals surface area contributed by atoms with Crippen LogP contribution in [0.4, 0.5) is 0 Å². The fourth-order valence-corrected chi connectivity index (χ4v) is 2.58. The van der Waals surface area contributed by atoms with E-state index in [1.165, 1.54) is 38.5 Å². The summed E-state index contributed by atoms with van der Waals surface area (Å²) in [6.07, 6.45) is 8.37. The van der Waals surface area contributed by atoms with E-state index in [2.05, 4.69) is 40.1 Å². The maximum Gasteiger partial charge on any atom is -0.00235 e. The Morgan fingerprint density at radius 2 is 1.44 bits per heavy atom. The van der Waals surface area contributed by atoms with Gasteiger partial charge in [-0.3, -0.25) is 0 Å². The predicted molar refractivity (Wildman–Crippen MR) is 74.8 cm³/mol. The zero-order valence-corrected chi connectivity index (χ0v) is 12.2. The van der Waals surface area contributed by atoms with E-state index in [9.17, 15) is 0 Å². The van der Waals surface area contributed by atoms with Crippen LogP contribution in [0, 0.1) is 17.8 Å². The Morgan fingerprint density at radius 1 is 0.938 bits per heavy atom. The van der Waals surface area contributed by atoms with Gasteiger partial charge in [-0.15, -0.1) is 0 Å². The second-order valence-corrected chi connectivity index (χ2v) is 5.44. The minimum atomic E-state index is 0.809. The highest BCUT2D eigenvalue weighted by molar-refractivity contribution is 4.72. The van der Waals surface area contributed by atoms with Gasteiger partial charge in [0.2, 0.25) is 0 Å². The first kappa shape index (κ1) is 16.0. The van der Waals surface area contributed by atoms with Crippen LogP contribution in [0.1, 0.15) is 66.2 Å². The van der Waals surface area contributed by atoms with Gasteiger partial charge < -0.3 is 5.32 Å². The average Bonchev–Trinajstić information content (AvgIpc) is 2.29. The molecule has 0 aromatic heterocycles. The van der Waals surface area contributed by atoms with E-state index < -0.39 is 0 Å². The smallest absolute Gasteiger partial charge is 0.00235 e. The van der Waals surface area contributed by atoms with E-state index in [1.807, 2.05) is 0 Å². The number of nitrogens with one attached hydrogen (secondary N) is 1. The molecule has 2 atom stereocenters. The minimum absolute atomic E-state index is 0.809. The van der Waals surface area contributed by atoms with Crippen LogP contribution in [0.5, 0.6) is 0 Å². The normalized spacial score (nSPS) is 15.4. The number of hydrogen-bond donors (Lipinski definition) is 1. The van der Waals surface area contributed by atoms with E-state index in [1.54, 1.807) is 0 Å². The lowest BCUT2D eigenvalue weighted by atomic mass is 9.78. The molecular formula is C15H33N. The van der Waals surface area contributed by atoms with Crippen molar-refractivity contribution in [1.29, 1.82) is 0 Å². The molecule has 0 aliphatic carbocycles. The van der Waals surface area contributed by atoms with Crippen molar-refractivity contribution in [1.82, 2.24) is 5.32 Å². The fraction of sp³-hybridized carbons (Fsp3) is 1.00. The largest absolute Gasteiger partial charge is 0.319 e. The van der Waals surface area contributed by atoms with E-state index in [4.69, 9.17) is 0 Å². The van der Waals surface area contributed by atoms with Crippen molar-refractivity contribution < 1.29 is 0 Å². The van der Waals surface area contributed by atoms with Gasteiger partial charge in [-0.25, -0.2) is 0 Å². The van der Waals surface area contributed by atoms with E-state index in [0.717, 1.165) is 24.3 Å². The van der Waals surface area contributed by atoms with Crippen LogP contribution in [0.3, 0.4) is 0 Å². The Bertz CT molecular complexity index is 136. The summed E-state index contributed by atoms with van der Waals surface area (Å²) in [6, 6.07) is 0. The van der Waals surface area contributed by atoms with Crippen LogP contribution in [0.15, 0.2) is 0 Å². The highest BCUT2D eigenvalue weighted by Crippen LogP contribution is 2.29. The van der Waals surface area contributed by atoms with Gasteiger partial charge in [0.05, 0.1) is 0 Å². The Balaban J connectivity index is 4.11. The van der Waals surface area contributed by atoms with Crippen molar-refractivity contribution in [2.24, 2.45) is 17.8 Å². The molecule has 0 radical (unpaired) electrons. The number of hydrogen-bond acceptors (Lipinski definition) is 1. The van der Waals surface area contributed by atoms with Gasteiger partial charge in [0.15, 0.2) is 0 Å². The molecule has 0 bridgehead atoms. The van der Waals surface area contributed by atoms with E-state index in [-0.39, 0.29) is 0 Å². The van der Waals surface area contributed by atoms with E-state index in [0.29, 0.717) is 0 Å². The Kier molecular flexibility index (Phi) is 10.1. The summed E-state index contributed by atoms with van der Waals surface area (Å²) in [4.78, 5) is 0. The summed E-state index contributed by atoms with van der Waals surface area (Å²) in [5.41, 5.74) is 0. The van der Waals surface area contributed by atoms with Crippen molar-refractivity contribution in [3.8, 4) is 0 Å². The van der Waals surface area contributed by atoms with Crippen molar-refractivity contribution in [3.05, 3.63) is 0 Å². The molecule has 0 rings (SSSR count). The summed E-state index contributed by atoms with van der Waals surface area (Å²) in [5, 5.41) is 3.32. The molecule has 0 aromatic carbocycles. The summed E-state index contributed by atoms with van der Waals surface area (Å²) >= 11 is 0. The van der Waals surface area contributed by atoms with Crippen LogP contribution in [0.25, 0.3) is 0 Å². The molecule has 1 heteroatoms. The molecule has 2 unspecified atom stereocenters. The summed E-state index contributed by atoms with van der Waals surface area (Å²) < 4.78 is 0. The predicted octanol–water partition coefficient (Wildman–Crippen LogP) is 4.47. The zero-order valence-electron chi connectivity index (χ0n) is 12.2. The van der Waals surface area contributed by atoms with Gasteiger partial charge in [-0.1, -0.05) is 66.2 Å². The molecule has 0 heterocycles. The highest BCUT2D eigenvalue weighted by atomic mass is 14.8. The topological polar surface area (TPSA) is 12.0 Å². The maximum atomic E-state index is 3.32. The lowest BCUT2D eigenvalue weighted by Gasteiger charge is -2.29. The molecule has 16 heavy (non-hydrogen) atoms. The average molecular weight is 227 g/mol. The summed E-state index contributed by atoms with van der Waals surface area (Å²) in [7, 11) is 2.07. The lowest BCUT2D eigenvalue weighted by molar-refractivity contribution is 0.225. The Morgan fingerprint density at radius 3 is 1.81 bits per heavy atom. The van der Waals surface area contributed by atoms with Gasteiger partial charge in [0.25, 0.3) is 0 Å². The van der Waals surface area contributed by atoms with Crippen molar-refractivity contribution in [2.45, 2.75) is 66.2 Å². The molecule has 0 fully saturated rings. The third-order valence-electron chi connectivity index (χ3n) is 4.02. The molecule has 98 valence electrons. The fourth-order valence-electron chi connectivity index (χ4n) is 2.58. The summed E-state index contributed by atoms with van der Waals surface area (Å²) in [5.74, 6) is 2.62. The van der Waals surface area contributed by atoms with E-state index >= 15 is 0 Å². The van der Waals surface area contributed by atoms with Crippen LogP contribution < -0.4 is 5.32 Å². The molecule has 0 saturated carbocycles. The Hall–Kier alpha value is -0.0400.